The first kappa shape index (κ1) is 12.4. The van der Waals surface area contributed by atoms with E-state index < -0.39 is 0 Å². The zero-order chi connectivity index (χ0) is 12.5. The molecular formula is C13H19BrN4. The molecule has 98 valence electrons. The van der Waals surface area contributed by atoms with Gasteiger partial charge in [-0.2, -0.15) is 0 Å². The molecule has 0 aliphatic carbocycles. The first-order valence-corrected chi connectivity index (χ1v) is 7.46. The predicted octanol–water partition coefficient (Wildman–Crippen LogP) is 2.16. The monoisotopic (exact) mass is 310 g/mol. The molecule has 0 radical (unpaired) electrons. The van der Waals surface area contributed by atoms with Crippen molar-refractivity contribution in [2.75, 3.05) is 31.6 Å². The number of anilines is 1. The van der Waals surface area contributed by atoms with E-state index in [2.05, 4.69) is 42.7 Å². The van der Waals surface area contributed by atoms with Gasteiger partial charge in [-0.25, -0.2) is 9.97 Å². The lowest BCUT2D eigenvalue weighted by Crippen LogP contribution is -2.52. The van der Waals surface area contributed by atoms with Gasteiger partial charge in [-0.05, 0) is 54.7 Å². The molecule has 2 fully saturated rings. The van der Waals surface area contributed by atoms with E-state index in [1.54, 1.807) is 6.33 Å². The predicted molar refractivity (Wildman–Crippen MR) is 75.7 cm³/mol. The third-order valence-corrected chi connectivity index (χ3v) is 4.72. The highest BCUT2D eigenvalue weighted by Crippen LogP contribution is 2.31. The van der Waals surface area contributed by atoms with Crippen LogP contribution in [0.4, 0.5) is 5.82 Å². The Morgan fingerprint density at radius 1 is 1.28 bits per heavy atom. The Morgan fingerprint density at radius 3 is 3.00 bits per heavy atom. The first-order chi connectivity index (χ1) is 8.74. The van der Waals surface area contributed by atoms with Gasteiger partial charge in [0.2, 0.25) is 0 Å². The molecule has 2 unspecified atom stereocenters. The third-order valence-electron chi connectivity index (χ3n) is 4.29. The zero-order valence-electron chi connectivity index (χ0n) is 10.7. The maximum atomic E-state index is 4.39. The van der Waals surface area contributed by atoms with Gasteiger partial charge < -0.3 is 9.80 Å². The number of aromatic nitrogens is 2. The average Bonchev–Trinajstić information content (AvgIpc) is 2.39. The summed E-state index contributed by atoms with van der Waals surface area (Å²) < 4.78 is 0.871. The van der Waals surface area contributed by atoms with Gasteiger partial charge in [0.05, 0.1) is 0 Å². The van der Waals surface area contributed by atoms with Gasteiger partial charge in [0.15, 0.2) is 0 Å². The van der Waals surface area contributed by atoms with Crippen LogP contribution in [0.25, 0.3) is 0 Å². The molecule has 18 heavy (non-hydrogen) atoms. The van der Waals surface area contributed by atoms with Crippen molar-refractivity contribution < 1.29 is 0 Å². The number of piperidine rings is 2. The molecule has 5 heteroatoms. The highest BCUT2D eigenvalue weighted by Gasteiger charge is 2.34. The summed E-state index contributed by atoms with van der Waals surface area (Å²) in [4.78, 5) is 13.4. The molecule has 4 nitrogen and oxygen atoms in total. The molecule has 2 aliphatic heterocycles. The van der Waals surface area contributed by atoms with Crippen molar-refractivity contribution in [3.63, 3.8) is 0 Å². The van der Waals surface area contributed by atoms with Crippen LogP contribution in [-0.2, 0) is 0 Å². The summed E-state index contributed by atoms with van der Waals surface area (Å²) in [6, 6.07) is 2.80. The lowest BCUT2D eigenvalue weighted by Gasteiger charge is -2.46. The van der Waals surface area contributed by atoms with Crippen molar-refractivity contribution in [3.05, 3.63) is 17.0 Å². The van der Waals surface area contributed by atoms with E-state index >= 15 is 0 Å². The molecule has 2 saturated heterocycles. The van der Waals surface area contributed by atoms with E-state index in [-0.39, 0.29) is 0 Å². The minimum atomic E-state index is 0.778. The topological polar surface area (TPSA) is 32.3 Å². The standard InChI is InChI=1S/C13H19BrN4/c1-17-5-2-3-10-8-18(6-4-11(10)17)13-7-12(14)15-9-16-13/h7,9-11H,2-6,8H2,1H3. The van der Waals surface area contributed by atoms with E-state index in [1.165, 1.54) is 25.8 Å². The normalized spacial score (nSPS) is 29.1. The van der Waals surface area contributed by atoms with Crippen LogP contribution in [0.2, 0.25) is 0 Å². The molecule has 3 rings (SSSR count). The Kier molecular flexibility index (Phi) is 3.52. The Labute approximate surface area is 117 Å². The largest absolute Gasteiger partial charge is 0.356 e. The molecule has 2 aliphatic rings. The van der Waals surface area contributed by atoms with E-state index in [0.717, 1.165) is 35.5 Å². The molecule has 0 bridgehead atoms. The van der Waals surface area contributed by atoms with Crippen molar-refractivity contribution in [3.8, 4) is 0 Å². The number of fused-ring (bicyclic) bond motifs is 1. The Morgan fingerprint density at radius 2 is 2.17 bits per heavy atom. The molecule has 2 atom stereocenters. The summed E-state index contributed by atoms with van der Waals surface area (Å²) in [7, 11) is 2.27. The van der Waals surface area contributed by atoms with Crippen LogP contribution in [-0.4, -0.2) is 47.6 Å². The Bertz CT molecular complexity index is 425. The number of hydrogen-bond acceptors (Lipinski definition) is 4. The summed E-state index contributed by atoms with van der Waals surface area (Å²) in [5.74, 6) is 1.86. The fourth-order valence-electron chi connectivity index (χ4n) is 3.36. The first-order valence-electron chi connectivity index (χ1n) is 6.67. The van der Waals surface area contributed by atoms with Crippen LogP contribution < -0.4 is 4.90 Å². The van der Waals surface area contributed by atoms with Crippen LogP contribution in [0, 0.1) is 5.92 Å². The summed E-state index contributed by atoms with van der Waals surface area (Å²) in [5, 5.41) is 0. The van der Waals surface area contributed by atoms with E-state index in [4.69, 9.17) is 0 Å². The lowest BCUT2D eigenvalue weighted by molar-refractivity contribution is 0.102. The van der Waals surface area contributed by atoms with Gasteiger partial charge in [0, 0.05) is 25.2 Å². The maximum Gasteiger partial charge on any atom is 0.133 e. The second kappa shape index (κ2) is 5.13. The van der Waals surface area contributed by atoms with E-state index in [9.17, 15) is 0 Å². The van der Waals surface area contributed by atoms with Crippen molar-refractivity contribution in [1.29, 1.82) is 0 Å². The lowest BCUT2D eigenvalue weighted by atomic mass is 9.84. The van der Waals surface area contributed by atoms with Crippen LogP contribution in [0.5, 0.6) is 0 Å². The summed E-state index contributed by atoms with van der Waals surface area (Å²) in [6.07, 6.45) is 5.58. The molecule has 0 N–H and O–H groups in total. The number of hydrogen-bond donors (Lipinski definition) is 0. The highest BCUT2D eigenvalue weighted by atomic mass is 79.9. The Balaban J connectivity index is 1.74. The molecule has 0 spiro atoms. The second-order valence-corrected chi connectivity index (χ2v) is 6.20. The van der Waals surface area contributed by atoms with Crippen LogP contribution in [0.15, 0.2) is 17.0 Å². The fraction of sp³-hybridized carbons (Fsp3) is 0.692. The zero-order valence-corrected chi connectivity index (χ0v) is 12.3. The molecule has 0 aromatic carbocycles. The minimum absolute atomic E-state index is 0.778. The maximum absolute atomic E-state index is 4.39. The summed E-state index contributed by atoms with van der Waals surface area (Å²) in [5.41, 5.74) is 0. The van der Waals surface area contributed by atoms with Gasteiger partial charge in [-0.3, -0.25) is 0 Å². The highest BCUT2D eigenvalue weighted by molar-refractivity contribution is 9.10. The van der Waals surface area contributed by atoms with Crippen LogP contribution in [0.3, 0.4) is 0 Å². The Hall–Kier alpha value is -0.680. The van der Waals surface area contributed by atoms with Gasteiger partial charge in [-0.15, -0.1) is 0 Å². The molecule has 3 heterocycles. The number of nitrogens with zero attached hydrogens (tertiary/aromatic N) is 4. The third kappa shape index (κ3) is 2.38. The van der Waals surface area contributed by atoms with Crippen molar-refractivity contribution in [2.45, 2.75) is 25.3 Å². The van der Waals surface area contributed by atoms with Crippen molar-refractivity contribution >= 4 is 21.7 Å². The smallest absolute Gasteiger partial charge is 0.133 e. The SMILES string of the molecule is CN1CCCC2CN(c3cc(Br)ncn3)CCC21. The molecule has 1 aromatic heterocycles. The van der Waals surface area contributed by atoms with Gasteiger partial charge in [-0.1, -0.05) is 0 Å². The van der Waals surface area contributed by atoms with Gasteiger partial charge >= 0.3 is 0 Å². The van der Waals surface area contributed by atoms with Crippen molar-refractivity contribution in [2.24, 2.45) is 5.92 Å². The second-order valence-electron chi connectivity index (χ2n) is 5.38. The minimum Gasteiger partial charge on any atom is -0.356 e. The number of halogens is 1. The average molecular weight is 311 g/mol. The quantitative estimate of drug-likeness (QED) is 0.744. The van der Waals surface area contributed by atoms with E-state index in [1.807, 2.05) is 6.07 Å². The molecule has 1 aromatic rings. The van der Waals surface area contributed by atoms with Crippen LogP contribution in [0.1, 0.15) is 19.3 Å². The number of likely N-dealkylation sites (tertiary alicyclic amines) is 1. The van der Waals surface area contributed by atoms with E-state index in [0.29, 0.717) is 0 Å². The summed E-state index contributed by atoms with van der Waals surface area (Å²) >= 11 is 3.42. The van der Waals surface area contributed by atoms with Gasteiger partial charge in [0.25, 0.3) is 0 Å². The number of rotatable bonds is 1. The molecule has 0 amide bonds. The molecule has 0 saturated carbocycles. The molecular weight excluding hydrogens is 292 g/mol. The summed E-state index contributed by atoms with van der Waals surface area (Å²) in [6.45, 7) is 3.51. The fourth-order valence-corrected chi connectivity index (χ4v) is 3.65. The van der Waals surface area contributed by atoms with Gasteiger partial charge in [0.1, 0.15) is 16.7 Å². The van der Waals surface area contributed by atoms with Crippen LogP contribution >= 0.6 is 15.9 Å². The van der Waals surface area contributed by atoms with Crippen molar-refractivity contribution in [1.82, 2.24) is 14.9 Å².